The van der Waals surface area contributed by atoms with Crippen molar-refractivity contribution in [1.82, 2.24) is 0 Å². The van der Waals surface area contributed by atoms with Gasteiger partial charge in [0, 0.05) is 16.7 Å². The Bertz CT molecular complexity index is 677. The standard InChI is InChI=1S/C16H20N/c1-11-8-6-7-9-15(11)16-14(4)13(3)12(2)10-17(16)5/h6-10H,1-5H3/q+1/i7D,8D,10D. The van der Waals surface area contributed by atoms with E-state index in [4.69, 9.17) is 4.11 Å². The van der Waals surface area contributed by atoms with Gasteiger partial charge in [0.2, 0.25) is 5.69 Å². The van der Waals surface area contributed by atoms with E-state index in [9.17, 15) is 0 Å². The van der Waals surface area contributed by atoms with E-state index in [0.717, 1.165) is 33.5 Å². The van der Waals surface area contributed by atoms with Gasteiger partial charge in [0.15, 0.2) is 6.17 Å². The maximum atomic E-state index is 8.22. The minimum atomic E-state index is 0.333. The maximum absolute atomic E-state index is 8.22. The van der Waals surface area contributed by atoms with Gasteiger partial charge in [0.1, 0.15) is 8.42 Å². The van der Waals surface area contributed by atoms with Crippen LogP contribution in [0.25, 0.3) is 11.3 Å². The van der Waals surface area contributed by atoms with Gasteiger partial charge >= 0.3 is 0 Å². The average Bonchev–Trinajstić information content (AvgIpc) is 2.39. The fourth-order valence-electron chi connectivity index (χ4n) is 2.19. The number of benzene rings is 1. The summed E-state index contributed by atoms with van der Waals surface area (Å²) in [6.45, 7) is 7.91. The van der Waals surface area contributed by atoms with Gasteiger partial charge in [-0.1, -0.05) is 18.2 Å². The Hall–Kier alpha value is -1.63. The van der Waals surface area contributed by atoms with Crippen LogP contribution in [0.2, 0.25) is 0 Å². The van der Waals surface area contributed by atoms with Gasteiger partial charge < -0.3 is 0 Å². The molecule has 0 spiro atoms. The molecule has 17 heavy (non-hydrogen) atoms. The second-order valence-corrected chi connectivity index (χ2v) is 4.53. The second-order valence-electron chi connectivity index (χ2n) is 4.53. The minimum Gasteiger partial charge on any atom is -0.201 e. The lowest BCUT2D eigenvalue weighted by Gasteiger charge is -2.10. The first-order chi connectivity index (χ1) is 9.25. The Kier molecular flexibility index (Phi) is 2.15. The second kappa shape index (κ2) is 4.33. The molecular weight excluding hydrogens is 206 g/mol. The van der Waals surface area contributed by atoms with Crippen LogP contribution in [0.3, 0.4) is 0 Å². The van der Waals surface area contributed by atoms with Crippen molar-refractivity contribution in [3.05, 3.63) is 52.6 Å². The number of hydrogen-bond donors (Lipinski definition) is 0. The molecule has 1 heterocycles. The zero-order valence-electron chi connectivity index (χ0n) is 14.1. The van der Waals surface area contributed by atoms with Crippen molar-refractivity contribution in [2.45, 2.75) is 27.7 Å². The van der Waals surface area contributed by atoms with Crippen molar-refractivity contribution in [3.8, 4) is 11.3 Å². The van der Waals surface area contributed by atoms with Crippen molar-refractivity contribution >= 4 is 0 Å². The van der Waals surface area contributed by atoms with E-state index in [0.29, 0.717) is 18.3 Å². The third-order valence-electron chi connectivity index (χ3n) is 3.41. The molecular formula is C16H20N+. The van der Waals surface area contributed by atoms with Crippen molar-refractivity contribution in [3.63, 3.8) is 0 Å². The smallest absolute Gasteiger partial charge is 0.201 e. The molecule has 88 valence electrons. The van der Waals surface area contributed by atoms with Gasteiger partial charge in [-0.15, -0.1) is 0 Å². The summed E-state index contributed by atoms with van der Waals surface area (Å²) in [5.74, 6) is 0. The molecule has 0 radical (unpaired) electrons. The lowest BCUT2D eigenvalue weighted by Crippen LogP contribution is -2.33. The molecule has 1 heteroatoms. The summed E-state index contributed by atoms with van der Waals surface area (Å²) in [5, 5.41) is 0. The van der Waals surface area contributed by atoms with Gasteiger partial charge in [0.25, 0.3) is 0 Å². The Morgan fingerprint density at radius 3 is 2.47 bits per heavy atom. The molecule has 1 aromatic carbocycles. The summed E-state index contributed by atoms with van der Waals surface area (Å²) < 4.78 is 25.9. The third-order valence-corrected chi connectivity index (χ3v) is 3.41. The van der Waals surface area contributed by atoms with Crippen LogP contribution in [0.4, 0.5) is 0 Å². The summed E-state index contributed by atoms with van der Waals surface area (Å²) in [4.78, 5) is 0. The van der Waals surface area contributed by atoms with E-state index in [1.165, 1.54) is 0 Å². The van der Waals surface area contributed by atoms with E-state index in [1.807, 2.05) is 39.3 Å². The lowest BCUT2D eigenvalue weighted by atomic mass is 9.97. The Morgan fingerprint density at radius 1 is 1.06 bits per heavy atom. The molecule has 0 unspecified atom stereocenters. The Morgan fingerprint density at radius 2 is 1.76 bits per heavy atom. The largest absolute Gasteiger partial charge is 0.215 e. The van der Waals surface area contributed by atoms with Crippen LogP contribution in [0.15, 0.2) is 30.4 Å². The van der Waals surface area contributed by atoms with Crippen LogP contribution < -0.4 is 4.57 Å². The van der Waals surface area contributed by atoms with Crippen LogP contribution in [0.5, 0.6) is 0 Å². The first-order valence-corrected chi connectivity index (χ1v) is 5.80. The highest BCUT2D eigenvalue weighted by atomic mass is 14.9. The minimum absolute atomic E-state index is 0.333. The van der Waals surface area contributed by atoms with Crippen molar-refractivity contribution in [1.29, 1.82) is 0 Å². The zero-order valence-corrected chi connectivity index (χ0v) is 11.1. The predicted molar refractivity (Wildman–Crippen MR) is 72.0 cm³/mol. The van der Waals surface area contributed by atoms with Crippen LogP contribution in [0, 0.1) is 27.7 Å². The van der Waals surface area contributed by atoms with E-state index in [1.54, 1.807) is 12.1 Å². The molecule has 2 rings (SSSR count). The molecule has 0 saturated heterocycles. The predicted octanol–water partition coefficient (Wildman–Crippen LogP) is 3.41. The van der Waals surface area contributed by atoms with E-state index >= 15 is 0 Å². The molecule has 0 amide bonds. The van der Waals surface area contributed by atoms with Crippen molar-refractivity contribution in [2.24, 2.45) is 7.05 Å². The van der Waals surface area contributed by atoms with E-state index < -0.39 is 0 Å². The molecule has 0 N–H and O–H groups in total. The molecule has 1 nitrogen and oxygen atoms in total. The normalized spacial score (nSPS) is 13.1. The molecule has 0 bridgehead atoms. The van der Waals surface area contributed by atoms with Crippen LogP contribution in [0.1, 0.15) is 26.4 Å². The molecule has 0 aliphatic heterocycles. The summed E-state index contributed by atoms with van der Waals surface area (Å²) in [7, 11) is 1.87. The fourth-order valence-corrected chi connectivity index (χ4v) is 2.19. The number of nitrogens with zero attached hydrogens (tertiary/aromatic N) is 1. The summed E-state index contributed by atoms with van der Waals surface area (Å²) >= 11 is 0. The van der Waals surface area contributed by atoms with Gasteiger partial charge in [-0.05, 0) is 44.9 Å². The summed E-state index contributed by atoms with van der Waals surface area (Å²) in [5.41, 5.74) is 5.83. The fraction of sp³-hybridized carbons (Fsp3) is 0.312. The maximum Gasteiger partial charge on any atom is 0.215 e. The van der Waals surface area contributed by atoms with Gasteiger partial charge in [-0.3, -0.25) is 0 Å². The first-order valence-electron chi connectivity index (χ1n) is 7.30. The molecule has 0 aliphatic carbocycles. The highest BCUT2D eigenvalue weighted by Crippen LogP contribution is 2.25. The lowest BCUT2D eigenvalue weighted by molar-refractivity contribution is -0.661. The Balaban J connectivity index is 2.91. The van der Waals surface area contributed by atoms with Gasteiger partial charge in [-0.2, -0.15) is 0 Å². The third kappa shape index (κ3) is 1.97. The van der Waals surface area contributed by atoms with Crippen molar-refractivity contribution in [2.75, 3.05) is 0 Å². The quantitative estimate of drug-likeness (QED) is 0.660. The zero-order chi connectivity index (χ0) is 15.2. The van der Waals surface area contributed by atoms with Crippen LogP contribution in [-0.4, -0.2) is 0 Å². The van der Waals surface area contributed by atoms with Crippen LogP contribution in [-0.2, 0) is 7.05 Å². The highest BCUT2D eigenvalue weighted by molar-refractivity contribution is 5.65. The van der Waals surface area contributed by atoms with Crippen LogP contribution >= 0.6 is 0 Å². The van der Waals surface area contributed by atoms with Crippen molar-refractivity contribution < 1.29 is 8.68 Å². The number of aromatic nitrogens is 1. The number of rotatable bonds is 1. The van der Waals surface area contributed by atoms with Gasteiger partial charge in [-0.25, -0.2) is 4.57 Å². The first kappa shape index (κ1) is 8.46. The monoisotopic (exact) mass is 229 g/mol. The van der Waals surface area contributed by atoms with Gasteiger partial charge in [0.05, 0.1) is 2.74 Å². The molecule has 2 aromatic rings. The van der Waals surface area contributed by atoms with E-state index in [2.05, 4.69) is 0 Å². The molecule has 0 aliphatic rings. The molecule has 0 fully saturated rings. The summed E-state index contributed by atoms with van der Waals surface area (Å²) in [6, 6.07) is 4.04. The average molecular weight is 229 g/mol. The topological polar surface area (TPSA) is 3.88 Å². The highest BCUT2D eigenvalue weighted by Gasteiger charge is 2.18. The molecule has 1 aromatic heterocycles. The number of hydrogen-bond acceptors (Lipinski definition) is 0. The summed E-state index contributed by atoms with van der Waals surface area (Å²) in [6.07, 6.45) is 0.476. The van der Waals surface area contributed by atoms with E-state index in [-0.39, 0.29) is 0 Å². The molecule has 0 saturated carbocycles. The number of pyridine rings is 1. The Labute approximate surface area is 108 Å². The SMILES string of the molecule is [2H]c1cc([2H])c(C)c(-c2c(C)c(C)c(C)c([2H])[n+]2C)c1. The molecule has 0 atom stereocenters.